The maximum Gasteiger partial charge on any atom is 0.273 e. The van der Waals surface area contributed by atoms with Gasteiger partial charge in [0.25, 0.3) is 5.69 Å². The van der Waals surface area contributed by atoms with Crippen LogP contribution in [0.5, 0.6) is 0 Å². The van der Waals surface area contributed by atoms with Crippen molar-refractivity contribution >= 4 is 44.2 Å². The Kier molecular flexibility index (Phi) is 3.48. The standard InChI is InChI=1S/C10H7BrIN3O2/c1-6-2-10(14-5-7(12)4-13-14)8(11)3-9(6)15(16)17/h2-5H,1H3. The van der Waals surface area contributed by atoms with E-state index in [1.165, 1.54) is 6.07 Å². The summed E-state index contributed by atoms with van der Waals surface area (Å²) in [5.41, 5.74) is 1.50. The second-order valence-electron chi connectivity index (χ2n) is 3.45. The third kappa shape index (κ3) is 2.49. The van der Waals surface area contributed by atoms with Gasteiger partial charge in [0, 0.05) is 17.8 Å². The van der Waals surface area contributed by atoms with Crippen molar-refractivity contribution in [3.05, 3.63) is 48.2 Å². The van der Waals surface area contributed by atoms with E-state index in [1.54, 1.807) is 23.9 Å². The van der Waals surface area contributed by atoms with Crippen molar-refractivity contribution in [2.24, 2.45) is 0 Å². The predicted octanol–water partition coefficient (Wildman–Crippen LogP) is 3.46. The van der Waals surface area contributed by atoms with Crippen LogP contribution in [0.3, 0.4) is 0 Å². The van der Waals surface area contributed by atoms with Gasteiger partial charge in [0.2, 0.25) is 0 Å². The number of nitrogens with zero attached hydrogens (tertiary/aromatic N) is 3. The van der Waals surface area contributed by atoms with E-state index in [1.807, 2.05) is 6.20 Å². The molecule has 1 heterocycles. The topological polar surface area (TPSA) is 61.0 Å². The molecular formula is C10H7BrIN3O2. The first-order valence-electron chi connectivity index (χ1n) is 4.64. The van der Waals surface area contributed by atoms with Crippen molar-refractivity contribution in [2.45, 2.75) is 6.92 Å². The zero-order chi connectivity index (χ0) is 12.6. The maximum atomic E-state index is 10.8. The summed E-state index contributed by atoms with van der Waals surface area (Å²) in [5.74, 6) is 0. The van der Waals surface area contributed by atoms with E-state index in [-0.39, 0.29) is 5.69 Å². The Morgan fingerprint density at radius 2 is 2.24 bits per heavy atom. The highest BCUT2D eigenvalue weighted by Gasteiger charge is 2.15. The van der Waals surface area contributed by atoms with Gasteiger partial charge in [-0.1, -0.05) is 0 Å². The van der Waals surface area contributed by atoms with Crippen molar-refractivity contribution in [3.8, 4) is 5.69 Å². The van der Waals surface area contributed by atoms with Crippen LogP contribution in [0.2, 0.25) is 0 Å². The summed E-state index contributed by atoms with van der Waals surface area (Å²) < 4.78 is 3.34. The third-order valence-electron chi connectivity index (χ3n) is 2.26. The summed E-state index contributed by atoms with van der Waals surface area (Å²) in [6.45, 7) is 1.71. The van der Waals surface area contributed by atoms with Gasteiger partial charge in [0.05, 0.1) is 24.9 Å². The fourth-order valence-corrected chi connectivity index (χ4v) is 2.36. The van der Waals surface area contributed by atoms with E-state index in [0.717, 1.165) is 9.26 Å². The molecule has 0 aliphatic rings. The van der Waals surface area contributed by atoms with Crippen LogP contribution in [0.1, 0.15) is 5.56 Å². The molecule has 0 aliphatic heterocycles. The number of nitro groups is 1. The highest BCUT2D eigenvalue weighted by Crippen LogP contribution is 2.29. The van der Waals surface area contributed by atoms with E-state index in [9.17, 15) is 10.1 Å². The minimum absolute atomic E-state index is 0.0995. The van der Waals surface area contributed by atoms with Gasteiger partial charge in [-0.15, -0.1) is 0 Å². The molecule has 0 fully saturated rings. The Bertz CT molecular complexity index is 597. The van der Waals surface area contributed by atoms with Gasteiger partial charge in [-0.25, -0.2) is 4.68 Å². The Labute approximate surface area is 119 Å². The molecule has 1 aromatic carbocycles. The average molecular weight is 408 g/mol. The van der Waals surface area contributed by atoms with Gasteiger partial charge in [0.15, 0.2) is 0 Å². The third-order valence-corrected chi connectivity index (χ3v) is 3.45. The van der Waals surface area contributed by atoms with Crippen LogP contribution in [-0.4, -0.2) is 14.7 Å². The summed E-state index contributed by atoms with van der Waals surface area (Å²) in [6.07, 6.45) is 3.58. The molecule has 0 atom stereocenters. The lowest BCUT2D eigenvalue weighted by Gasteiger charge is -2.06. The molecule has 0 unspecified atom stereocenters. The normalized spacial score (nSPS) is 10.5. The Balaban J connectivity index is 2.57. The van der Waals surface area contributed by atoms with Gasteiger partial charge >= 0.3 is 0 Å². The Hall–Kier alpha value is -0.960. The molecule has 0 saturated carbocycles. The van der Waals surface area contributed by atoms with Crippen LogP contribution in [0.15, 0.2) is 29.0 Å². The van der Waals surface area contributed by atoms with Gasteiger partial charge in [0.1, 0.15) is 0 Å². The molecule has 0 bridgehead atoms. The number of benzene rings is 1. The van der Waals surface area contributed by atoms with Crippen molar-refractivity contribution in [1.82, 2.24) is 9.78 Å². The summed E-state index contributed by atoms with van der Waals surface area (Å²) >= 11 is 5.49. The first-order valence-corrected chi connectivity index (χ1v) is 6.51. The van der Waals surface area contributed by atoms with E-state index in [2.05, 4.69) is 43.6 Å². The second-order valence-corrected chi connectivity index (χ2v) is 5.55. The van der Waals surface area contributed by atoms with Crippen molar-refractivity contribution in [3.63, 3.8) is 0 Å². The molecule has 17 heavy (non-hydrogen) atoms. The molecule has 2 rings (SSSR count). The Morgan fingerprint density at radius 1 is 1.53 bits per heavy atom. The van der Waals surface area contributed by atoms with E-state index < -0.39 is 4.92 Å². The van der Waals surface area contributed by atoms with E-state index in [0.29, 0.717) is 10.0 Å². The number of aryl methyl sites for hydroxylation is 1. The van der Waals surface area contributed by atoms with E-state index in [4.69, 9.17) is 0 Å². The van der Waals surface area contributed by atoms with Gasteiger partial charge in [-0.05, 0) is 51.5 Å². The van der Waals surface area contributed by atoms with Crippen LogP contribution in [0.4, 0.5) is 5.69 Å². The SMILES string of the molecule is Cc1cc(-n2cc(I)cn2)c(Br)cc1[N+](=O)[O-]. The second kappa shape index (κ2) is 4.73. The number of hydrogen-bond donors (Lipinski definition) is 0. The zero-order valence-corrected chi connectivity index (χ0v) is 12.5. The molecule has 0 saturated heterocycles. The van der Waals surface area contributed by atoms with Crippen LogP contribution in [0, 0.1) is 20.6 Å². The maximum absolute atomic E-state index is 10.8. The number of rotatable bonds is 2. The molecule has 2 aromatic rings. The molecule has 0 radical (unpaired) electrons. The lowest BCUT2D eigenvalue weighted by molar-refractivity contribution is -0.385. The molecule has 0 N–H and O–H groups in total. The number of aromatic nitrogens is 2. The summed E-state index contributed by atoms with van der Waals surface area (Å²) in [4.78, 5) is 10.4. The van der Waals surface area contributed by atoms with Crippen LogP contribution in [0.25, 0.3) is 5.69 Å². The van der Waals surface area contributed by atoms with Crippen molar-refractivity contribution in [2.75, 3.05) is 0 Å². The highest BCUT2D eigenvalue weighted by atomic mass is 127. The van der Waals surface area contributed by atoms with Gasteiger partial charge in [-0.3, -0.25) is 10.1 Å². The lowest BCUT2D eigenvalue weighted by Crippen LogP contribution is -1.99. The average Bonchev–Trinajstić information content (AvgIpc) is 2.67. The molecule has 5 nitrogen and oxygen atoms in total. The summed E-state index contributed by atoms with van der Waals surface area (Å²) in [7, 11) is 0. The Morgan fingerprint density at radius 3 is 2.76 bits per heavy atom. The van der Waals surface area contributed by atoms with Crippen LogP contribution >= 0.6 is 38.5 Å². The van der Waals surface area contributed by atoms with Crippen LogP contribution in [-0.2, 0) is 0 Å². The summed E-state index contributed by atoms with van der Waals surface area (Å²) in [6, 6.07) is 3.24. The minimum atomic E-state index is -0.392. The van der Waals surface area contributed by atoms with Gasteiger partial charge < -0.3 is 0 Å². The molecule has 0 spiro atoms. The van der Waals surface area contributed by atoms with Gasteiger partial charge in [-0.2, -0.15) is 5.10 Å². The lowest BCUT2D eigenvalue weighted by atomic mass is 10.2. The van der Waals surface area contributed by atoms with E-state index >= 15 is 0 Å². The van der Waals surface area contributed by atoms with Crippen molar-refractivity contribution < 1.29 is 4.92 Å². The molecule has 0 aliphatic carbocycles. The quantitative estimate of drug-likeness (QED) is 0.435. The first kappa shape index (κ1) is 12.5. The predicted molar refractivity (Wildman–Crippen MR) is 75.4 cm³/mol. The van der Waals surface area contributed by atoms with Crippen LogP contribution < -0.4 is 0 Å². The number of nitro benzene ring substituents is 1. The summed E-state index contributed by atoms with van der Waals surface area (Å²) in [5, 5.41) is 15.0. The first-order chi connectivity index (χ1) is 7.99. The molecule has 1 aromatic heterocycles. The molecule has 88 valence electrons. The molecule has 0 amide bonds. The molecular weight excluding hydrogens is 401 g/mol. The highest BCUT2D eigenvalue weighted by molar-refractivity contribution is 14.1. The fourth-order valence-electron chi connectivity index (χ4n) is 1.46. The molecule has 7 heteroatoms. The number of halogens is 2. The fraction of sp³-hybridized carbons (Fsp3) is 0.100. The smallest absolute Gasteiger partial charge is 0.258 e. The minimum Gasteiger partial charge on any atom is -0.258 e. The largest absolute Gasteiger partial charge is 0.273 e. The monoisotopic (exact) mass is 407 g/mol. The zero-order valence-electron chi connectivity index (χ0n) is 8.72. The number of hydrogen-bond acceptors (Lipinski definition) is 3. The van der Waals surface area contributed by atoms with Crippen molar-refractivity contribution in [1.29, 1.82) is 0 Å².